The molecule has 4 nitrogen and oxygen atoms in total. The molecule has 2 N–H and O–H groups in total. The summed E-state index contributed by atoms with van der Waals surface area (Å²) >= 11 is 6.09. The van der Waals surface area contributed by atoms with Gasteiger partial charge >= 0.3 is 0 Å². The number of halogens is 1. The number of amides is 1. The van der Waals surface area contributed by atoms with E-state index in [2.05, 4.69) is 19.2 Å². The van der Waals surface area contributed by atoms with Crippen molar-refractivity contribution in [1.29, 1.82) is 0 Å². The molecule has 2 atom stereocenters. The van der Waals surface area contributed by atoms with Gasteiger partial charge < -0.3 is 15.3 Å². The van der Waals surface area contributed by atoms with Gasteiger partial charge in [-0.1, -0.05) is 31.9 Å². The van der Waals surface area contributed by atoms with Gasteiger partial charge in [-0.15, -0.1) is 0 Å². The van der Waals surface area contributed by atoms with Crippen molar-refractivity contribution in [2.45, 2.75) is 32.7 Å². The number of likely N-dealkylation sites (tertiary alicyclic amines) is 1. The Morgan fingerprint density at radius 2 is 2.24 bits per heavy atom. The van der Waals surface area contributed by atoms with E-state index in [0.29, 0.717) is 22.5 Å². The maximum atomic E-state index is 12.6. The summed E-state index contributed by atoms with van der Waals surface area (Å²) in [5.41, 5.74) is 0.383. The molecule has 2 rings (SSSR count). The zero-order valence-corrected chi connectivity index (χ0v) is 13.4. The molecule has 0 spiro atoms. The van der Waals surface area contributed by atoms with E-state index in [1.807, 2.05) is 4.90 Å². The van der Waals surface area contributed by atoms with Crippen molar-refractivity contribution in [3.05, 3.63) is 28.8 Å². The second-order valence-electron chi connectivity index (χ2n) is 5.54. The molecule has 1 aromatic carbocycles. The van der Waals surface area contributed by atoms with Crippen LogP contribution in [0.4, 0.5) is 0 Å². The molecule has 1 amide bonds. The van der Waals surface area contributed by atoms with Gasteiger partial charge in [-0.3, -0.25) is 4.79 Å². The molecule has 1 aliphatic rings. The molecule has 0 aliphatic carbocycles. The summed E-state index contributed by atoms with van der Waals surface area (Å²) in [6.45, 7) is 6.67. The number of nitrogens with zero attached hydrogens (tertiary/aromatic N) is 1. The average Bonchev–Trinajstić information content (AvgIpc) is 2.49. The molecule has 2 unspecified atom stereocenters. The highest BCUT2D eigenvalue weighted by molar-refractivity contribution is 6.33. The quantitative estimate of drug-likeness (QED) is 0.899. The number of piperidine rings is 1. The Labute approximate surface area is 131 Å². The van der Waals surface area contributed by atoms with Crippen LogP contribution in [0.15, 0.2) is 18.2 Å². The lowest BCUT2D eigenvalue weighted by atomic mass is 9.89. The third-order valence-electron chi connectivity index (χ3n) is 4.19. The number of carbonyl (C=O) groups excluding carboxylic acids is 1. The van der Waals surface area contributed by atoms with Gasteiger partial charge in [-0.05, 0) is 37.1 Å². The molecule has 5 heteroatoms. The first kappa shape index (κ1) is 16.1. The number of phenols is 1. The smallest absolute Gasteiger partial charge is 0.255 e. The predicted molar refractivity (Wildman–Crippen MR) is 84.9 cm³/mol. The highest BCUT2D eigenvalue weighted by Crippen LogP contribution is 2.26. The fourth-order valence-corrected chi connectivity index (χ4v) is 3.21. The number of rotatable bonds is 4. The maximum absolute atomic E-state index is 12.6. The third kappa shape index (κ3) is 3.69. The van der Waals surface area contributed by atoms with Crippen LogP contribution in [-0.2, 0) is 0 Å². The van der Waals surface area contributed by atoms with E-state index < -0.39 is 0 Å². The number of hydrogen-bond acceptors (Lipinski definition) is 3. The molecule has 1 fully saturated rings. The summed E-state index contributed by atoms with van der Waals surface area (Å²) in [5.74, 6) is 0.431. The minimum Gasteiger partial charge on any atom is -0.508 e. The summed E-state index contributed by atoms with van der Waals surface area (Å²) in [5, 5.41) is 13.4. The van der Waals surface area contributed by atoms with Crippen LogP contribution in [0.5, 0.6) is 5.75 Å². The van der Waals surface area contributed by atoms with Gasteiger partial charge in [0.15, 0.2) is 0 Å². The van der Waals surface area contributed by atoms with Gasteiger partial charge in [0.05, 0.1) is 10.6 Å². The Hall–Kier alpha value is -1.26. The highest BCUT2D eigenvalue weighted by Gasteiger charge is 2.30. The Bertz CT molecular complexity index is 507. The van der Waals surface area contributed by atoms with E-state index in [-0.39, 0.29) is 11.7 Å². The van der Waals surface area contributed by atoms with Gasteiger partial charge in [-0.25, -0.2) is 0 Å². The van der Waals surface area contributed by atoms with Crippen molar-refractivity contribution < 1.29 is 9.90 Å². The molecule has 1 saturated heterocycles. The van der Waals surface area contributed by atoms with Gasteiger partial charge in [-0.2, -0.15) is 0 Å². The largest absolute Gasteiger partial charge is 0.508 e. The van der Waals surface area contributed by atoms with Gasteiger partial charge in [0.2, 0.25) is 0 Å². The van der Waals surface area contributed by atoms with E-state index in [1.165, 1.54) is 12.1 Å². The van der Waals surface area contributed by atoms with Crippen LogP contribution >= 0.6 is 11.6 Å². The Morgan fingerprint density at radius 1 is 1.48 bits per heavy atom. The van der Waals surface area contributed by atoms with Gasteiger partial charge in [0.1, 0.15) is 5.75 Å². The lowest BCUT2D eigenvalue weighted by molar-refractivity contribution is 0.0628. The van der Waals surface area contributed by atoms with E-state index in [0.717, 1.165) is 32.5 Å². The van der Waals surface area contributed by atoms with Crippen molar-refractivity contribution in [2.24, 2.45) is 5.92 Å². The van der Waals surface area contributed by atoms with Crippen LogP contribution in [0.1, 0.15) is 37.0 Å². The lowest BCUT2D eigenvalue weighted by Gasteiger charge is -2.38. The van der Waals surface area contributed by atoms with Crippen molar-refractivity contribution in [2.75, 3.05) is 19.6 Å². The van der Waals surface area contributed by atoms with Crippen LogP contribution in [0.3, 0.4) is 0 Å². The van der Waals surface area contributed by atoms with Crippen molar-refractivity contribution in [3.63, 3.8) is 0 Å². The molecule has 0 aromatic heterocycles. The number of phenolic OH excluding ortho intramolecular Hbond substituents is 1. The summed E-state index contributed by atoms with van der Waals surface area (Å²) in [7, 11) is 0. The van der Waals surface area contributed by atoms with Crippen molar-refractivity contribution >= 4 is 17.5 Å². The first-order chi connectivity index (χ1) is 10.1. The topological polar surface area (TPSA) is 52.6 Å². The van der Waals surface area contributed by atoms with Crippen LogP contribution in [-0.4, -0.2) is 41.6 Å². The fourth-order valence-electron chi connectivity index (χ4n) is 3.01. The molecule has 21 heavy (non-hydrogen) atoms. The van der Waals surface area contributed by atoms with Crippen LogP contribution < -0.4 is 5.32 Å². The van der Waals surface area contributed by atoms with E-state index in [1.54, 1.807) is 6.07 Å². The monoisotopic (exact) mass is 310 g/mol. The number of carbonyl (C=O) groups is 1. The van der Waals surface area contributed by atoms with Crippen LogP contribution in [0, 0.1) is 5.92 Å². The molecule has 0 radical (unpaired) electrons. The van der Waals surface area contributed by atoms with E-state index >= 15 is 0 Å². The normalized spacial score (nSPS) is 22.3. The Kier molecular flexibility index (Phi) is 5.48. The second kappa shape index (κ2) is 7.14. The standard InChI is InChI=1S/C16H23ClN2O2/c1-3-11-10-19(8-7-15(11)18-4-2)16(21)13-9-12(20)5-6-14(13)17/h5-6,9,11,15,18,20H,3-4,7-8,10H2,1-2H3. The Morgan fingerprint density at radius 3 is 2.90 bits per heavy atom. The number of aromatic hydroxyl groups is 1. The summed E-state index contributed by atoms with van der Waals surface area (Å²) in [4.78, 5) is 14.5. The molecule has 116 valence electrons. The van der Waals surface area contributed by atoms with Crippen molar-refractivity contribution in [1.82, 2.24) is 10.2 Å². The van der Waals surface area contributed by atoms with E-state index in [4.69, 9.17) is 11.6 Å². The van der Waals surface area contributed by atoms with Crippen molar-refractivity contribution in [3.8, 4) is 5.75 Å². The molecular formula is C16H23ClN2O2. The lowest BCUT2D eigenvalue weighted by Crippen LogP contribution is -2.50. The zero-order valence-electron chi connectivity index (χ0n) is 12.6. The van der Waals surface area contributed by atoms with Gasteiger partial charge in [0.25, 0.3) is 5.91 Å². The maximum Gasteiger partial charge on any atom is 0.255 e. The number of benzene rings is 1. The molecule has 1 aromatic rings. The summed E-state index contributed by atoms with van der Waals surface area (Å²) < 4.78 is 0. The third-order valence-corrected chi connectivity index (χ3v) is 4.52. The van der Waals surface area contributed by atoms with Crippen LogP contribution in [0.2, 0.25) is 5.02 Å². The average molecular weight is 311 g/mol. The molecule has 0 bridgehead atoms. The fraction of sp³-hybridized carbons (Fsp3) is 0.562. The van der Waals surface area contributed by atoms with E-state index in [9.17, 15) is 9.90 Å². The number of hydrogen-bond donors (Lipinski definition) is 2. The van der Waals surface area contributed by atoms with Crippen LogP contribution in [0.25, 0.3) is 0 Å². The summed E-state index contributed by atoms with van der Waals surface area (Å²) in [6, 6.07) is 4.98. The molecule has 1 heterocycles. The first-order valence-electron chi connectivity index (χ1n) is 7.58. The molecule has 1 aliphatic heterocycles. The minimum atomic E-state index is -0.0932. The Balaban J connectivity index is 2.12. The summed E-state index contributed by atoms with van der Waals surface area (Å²) in [6.07, 6.45) is 1.99. The second-order valence-corrected chi connectivity index (χ2v) is 5.94. The molecular weight excluding hydrogens is 288 g/mol. The number of nitrogens with one attached hydrogen (secondary N) is 1. The van der Waals surface area contributed by atoms with Gasteiger partial charge in [0, 0.05) is 19.1 Å². The zero-order chi connectivity index (χ0) is 15.4. The first-order valence-corrected chi connectivity index (χ1v) is 7.95. The SMILES string of the molecule is CCNC1CCN(C(=O)c2cc(O)ccc2Cl)CC1CC. The highest BCUT2D eigenvalue weighted by atomic mass is 35.5. The minimum absolute atomic E-state index is 0.0670. The molecule has 0 saturated carbocycles. The predicted octanol–water partition coefficient (Wildman–Crippen LogP) is 2.90.